The van der Waals surface area contributed by atoms with Gasteiger partial charge < -0.3 is 18.9 Å². The van der Waals surface area contributed by atoms with Gasteiger partial charge in [-0.2, -0.15) is 0 Å². The highest BCUT2D eigenvalue weighted by Gasteiger charge is 2.16. The Morgan fingerprint density at radius 3 is 0.906 bits per heavy atom. The maximum absolute atomic E-state index is 13.7. The third-order valence-electron chi connectivity index (χ3n) is 8.63. The van der Waals surface area contributed by atoms with Gasteiger partial charge >= 0.3 is 0 Å². The van der Waals surface area contributed by atoms with Gasteiger partial charge in [0.2, 0.25) is 0 Å². The van der Waals surface area contributed by atoms with Crippen molar-refractivity contribution < 1.29 is 36.5 Å². The molecule has 0 unspecified atom stereocenters. The van der Waals surface area contributed by atoms with Crippen molar-refractivity contribution >= 4 is 23.2 Å². The quantitative estimate of drug-likeness (QED) is 0.133. The average molecular weight is 946 g/mol. The van der Waals surface area contributed by atoms with Gasteiger partial charge in [0, 0.05) is 28.2 Å². The Kier molecular flexibility index (Phi) is 32.8. The van der Waals surface area contributed by atoms with Crippen LogP contribution in [0.5, 0.6) is 23.0 Å². The summed E-state index contributed by atoms with van der Waals surface area (Å²) in [7, 11) is 0. The first-order valence-electron chi connectivity index (χ1n) is 20.9. The lowest BCUT2D eigenvalue weighted by Crippen LogP contribution is -2.08. The van der Waals surface area contributed by atoms with Crippen LogP contribution >= 0.6 is 23.2 Å². The molecule has 368 valence electrons. The van der Waals surface area contributed by atoms with E-state index in [2.05, 4.69) is 26.8 Å². The van der Waals surface area contributed by atoms with Gasteiger partial charge in [-0.3, -0.25) is 0 Å². The monoisotopic (exact) mass is 945 g/mol. The normalized spacial score (nSPS) is 10.5. The standard InChI is InChI=1S/C13H19ClO.C13H19FO.C12H16ClFO.C12H16F2O.4CH4/c2*1-8(2)11-6-10(5)13(7-12(11)14)15-9(3)4;2*1-7(2)9-5-11(14)12(6-10(9)13)15-8(3)4;;;;/h2*6-9H,1-5H3;2*5-8H,1-4H3;4*1H4. The lowest BCUT2D eigenvalue weighted by molar-refractivity contribution is 0.229. The van der Waals surface area contributed by atoms with Crippen LogP contribution in [0.25, 0.3) is 0 Å². The summed E-state index contributed by atoms with van der Waals surface area (Å²) in [5.74, 6) is 1.12. The van der Waals surface area contributed by atoms with Gasteiger partial charge in [-0.15, -0.1) is 0 Å². The van der Waals surface area contributed by atoms with Crippen LogP contribution in [-0.2, 0) is 0 Å². The van der Waals surface area contributed by atoms with Crippen molar-refractivity contribution in [2.45, 2.75) is 202 Å². The Morgan fingerprint density at radius 1 is 0.328 bits per heavy atom. The van der Waals surface area contributed by atoms with Crippen molar-refractivity contribution in [1.29, 1.82) is 0 Å². The Labute approximate surface area is 398 Å². The molecule has 0 amide bonds. The molecule has 4 aromatic carbocycles. The van der Waals surface area contributed by atoms with E-state index >= 15 is 0 Å². The lowest BCUT2D eigenvalue weighted by atomic mass is 10.00. The van der Waals surface area contributed by atoms with Gasteiger partial charge in [-0.1, -0.05) is 114 Å². The van der Waals surface area contributed by atoms with Crippen LogP contribution in [0.15, 0.2) is 48.5 Å². The molecule has 0 bridgehead atoms. The molecule has 64 heavy (non-hydrogen) atoms. The van der Waals surface area contributed by atoms with Gasteiger partial charge in [-0.05, 0) is 151 Å². The summed E-state index contributed by atoms with van der Waals surface area (Å²) in [6.07, 6.45) is 0.0435. The molecule has 0 heterocycles. The summed E-state index contributed by atoms with van der Waals surface area (Å²) in [6, 6.07) is 12.7. The summed E-state index contributed by atoms with van der Waals surface area (Å²) in [5, 5.41) is 1.35. The van der Waals surface area contributed by atoms with E-state index in [9.17, 15) is 17.6 Å². The van der Waals surface area contributed by atoms with Crippen LogP contribution in [0.1, 0.15) is 198 Å². The molecule has 0 aromatic heterocycles. The summed E-state index contributed by atoms with van der Waals surface area (Å²) in [5.41, 5.74) is 5.27. The molecule has 0 saturated carbocycles. The van der Waals surface area contributed by atoms with Crippen molar-refractivity contribution in [2.24, 2.45) is 0 Å². The van der Waals surface area contributed by atoms with E-state index in [1.54, 1.807) is 19.9 Å². The van der Waals surface area contributed by atoms with Crippen molar-refractivity contribution in [1.82, 2.24) is 0 Å². The lowest BCUT2D eigenvalue weighted by Gasteiger charge is -2.16. The number of rotatable bonds is 12. The molecular weight excluding hydrogens is 859 g/mol. The number of halogens is 6. The molecule has 0 saturated heterocycles. The highest BCUT2D eigenvalue weighted by molar-refractivity contribution is 6.31. The van der Waals surface area contributed by atoms with Gasteiger partial charge in [0.25, 0.3) is 0 Å². The minimum absolute atomic E-state index is 0. The van der Waals surface area contributed by atoms with Gasteiger partial charge in [0.05, 0.1) is 24.4 Å². The zero-order valence-corrected chi connectivity index (χ0v) is 40.7. The van der Waals surface area contributed by atoms with Crippen LogP contribution in [0.2, 0.25) is 10.0 Å². The molecule has 0 aliphatic carbocycles. The first-order valence-corrected chi connectivity index (χ1v) is 21.7. The molecule has 4 aromatic rings. The zero-order chi connectivity index (χ0) is 46.3. The number of ether oxygens (including phenoxy) is 4. The van der Waals surface area contributed by atoms with E-state index in [4.69, 9.17) is 42.1 Å². The number of benzene rings is 4. The van der Waals surface area contributed by atoms with Crippen LogP contribution in [0.3, 0.4) is 0 Å². The molecule has 4 rings (SSSR count). The second kappa shape index (κ2) is 31.3. The van der Waals surface area contributed by atoms with E-state index in [1.807, 2.05) is 102 Å². The predicted molar refractivity (Wildman–Crippen MR) is 271 cm³/mol. The van der Waals surface area contributed by atoms with E-state index in [1.165, 1.54) is 23.8 Å². The SMILES string of the molecule is C.C.C.C.CC(C)Oc1cc(Cl)c(C(C)C)cc1F.CC(C)Oc1cc(F)c(C(C)C)cc1F.Cc1cc(C(C)C)c(Cl)cc1OC(C)C.Cc1cc(C(C)C)c(F)cc1OC(C)C. The number of hydrogen-bond acceptors (Lipinski definition) is 4. The smallest absolute Gasteiger partial charge is 0.165 e. The summed E-state index contributed by atoms with van der Waals surface area (Å²) in [4.78, 5) is 0. The van der Waals surface area contributed by atoms with E-state index < -0.39 is 11.6 Å². The molecule has 0 aliphatic heterocycles. The summed E-state index contributed by atoms with van der Waals surface area (Å²) < 4.78 is 75.8. The van der Waals surface area contributed by atoms with E-state index in [0.29, 0.717) is 22.3 Å². The molecule has 0 fully saturated rings. The van der Waals surface area contributed by atoms with E-state index in [0.717, 1.165) is 39.1 Å². The number of hydrogen-bond donors (Lipinski definition) is 0. The third kappa shape index (κ3) is 22.5. The van der Waals surface area contributed by atoms with E-state index in [-0.39, 0.29) is 95.0 Å². The fourth-order valence-electron chi connectivity index (χ4n) is 5.68. The highest BCUT2D eigenvalue weighted by Crippen LogP contribution is 2.33. The average Bonchev–Trinajstić information content (AvgIpc) is 3.10. The molecule has 0 spiro atoms. The second-order valence-corrected chi connectivity index (χ2v) is 18.0. The van der Waals surface area contributed by atoms with Gasteiger partial charge in [-0.25, -0.2) is 17.6 Å². The van der Waals surface area contributed by atoms with Crippen molar-refractivity contribution in [2.75, 3.05) is 0 Å². The summed E-state index contributed by atoms with van der Waals surface area (Å²) >= 11 is 12.2. The highest BCUT2D eigenvalue weighted by atomic mass is 35.5. The maximum Gasteiger partial charge on any atom is 0.165 e. The Balaban J connectivity index is -0.000000367. The molecule has 0 N–H and O–H groups in total. The van der Waals surface area contributed by atoms with Gasteiger partial charge in [0.1, 0.15) is 23.1 Å². The van der Waals surface area contributed by atoms with Crippen LogP contribution in [0, 0.1) is 37.1 Å². The minimum Gasteiger partial charge on any atom is -0.491 e. The van der Waals surface area contributed by atoms with Crippen LogP contribution in [-0.4, -0.2) is 24.4 Å². The fraction of sp³-hybridized carbons (Fsp3) is 0.556. The number of aryl methyl sites for hydroxylation is 2. The summed E-state index contributed by atoms with van der Waals surface area (Å²) in [6.45, 7) is 35.0. The second-order valence-electron chi connectivity index (χ2n) is 17.2. The Bertz CT molecular complexity index is 1660. The Morgan fingerprint density at radius 2 is 0.562 bits per heavy atom. The molecule has 10 heteroatoms. The fourth-order valence-corrected chi connectivity index (χ4v) is 6.42. The van der Waals surface area contributed by atoms with Crippen LogP contribution in [0.4, 0.5) is 17.6 Å². The minimum atomic E-state index is -0.506. The molecule has 0 aliphatic rings. The third-order valence-corrected chi connectivity index (χ3v) is 9.28. The zero-order valence-electron chi connectivity index (χ0n) is 39.1. The van der Waals surface area contributed by atoms with Crippen LogP contribution < -0.4 is 18.9 Å². The van der Waals surface area contributed by atoms with Crippen molar-refractivity contribution in [3.05, 3.63) is 115 Å². The molecule has 0 radical (unpaired) electrons. The Hall–Kier alpha value is -3.62. The largest absolute Gasteiger partial charge is 0.491 e. The maximum atomic E-state index is 13.7. The first kappa shape index (κ1) is 67.0. The molecule has 4 nitrogen and oxygen atoms in total. The topological polar surface area (TPSA) is 36.9 Å². The first-order chi connectivity index (χ1) is 27.7. The van der Waals surface area contributed by atoms with Crippen molar-refractivity contribution in [3.8, 4) is 23.0 Å². The molecular formula is C54H86Cl2F4O4. The van der Waals surface area contributed by atoms with Crippen molar-refractivity contribution in [3.63, 3.8) is 0 Å². The van der Waals surface area contributed by atoms with Gasteiger partial charge in [0.15, 0.2) is 23.1 Å². The molecule has 0 atom stereocenters. The predicted octanol–water partition coefficient (Wildman–Crippen LogP) is 19.4.